The Kier molecular flexibility index (Phi) is 5.10. The van der Waals surface area contributed by atoms with Gasteiger partial charge in [0.1, 0.15) is 4.52 Å². The first-order valence-electron chi connectivity index (χ1n) is 4.84. The van der Waals surface area contributed by atoms with E-state index in [0.717, 1.165) is 0 Å². The number of sulfonamides is 1. The molecule has 1 aromatic rings. The highest BCUT2D eigenvalue weighted by atomic mass is 35.5. The van der Waals surface area contributed by atoms with Gasteiger partial charge in [-0.15, -0.1) is 0 Å². The third-order valence-electron chi connectivity index (χ3n) is 1.95. The molecule has 0 aliphatic heterocycles. The van der Waals surface area contributed by atoms with E-state index < -0.39 is 19.9 Å². The van der Waals surface area contributed by atoms with Crippen LogP contribution in [0.1, 0.15) is 6.92 Å². The van der Waals surface area contributed by atoms with Crippen molar-refractivity contribution >= 4 is 38.9 Å². The van der Waals surface area contributed by atoms with E-state index in [-0.39, 0.29) is 15.1 Å². The topological polar surface area (TPSA) is 92.9 Å². The standard InChI is InChI=1S/C9H9Cl2N3O4S/c1-7(9(10)11)12-13(14(15)16)19(17,18)8-5-3-2-4-6-8/h2-6,9H,1H3. The maximum Gasteiger partial charge on any atom is 0.337 e. The number of nitrogens with zero attached hydrogens (tertiary/aromatic N) is 3. The Balaban J connectivity index is 3.28. The Hall–Kier alpha value is -1.38. The molecule has 0 saturated heterocycles. The summed E-state index contributed by atoms with van der Waals surface area (Å²) in [7, 11) is -4.40. The lowest BCUT2D eigenvalue weighted by atomic mass is 10.4. The summed E-state index contributed by atoms with van der Waals surface area (Å²) in [4.78, 5) is 9.43. The Morgan fingerprint density at radius 2 is 1.89 bits per heavy atom. The molecule has 104 valence electrons. The van der Waals surface area contributed by atoms with Gasteiger partial charge >= 0.3 is 10.0 Å². The fraction of sp³-hybridized carbons (Fsp3) is 0.222. The van der Waals surface area contributed by atoms with Crippen LogP contribution >= 0.6 is 23.2 Å². The van der Waals surface area contributed by atoms with E-state index in [2.05, 4.69) is 5.10 Å². The quantitative estimate of drug-likeness (QED) is 0.358. The zero-order valence-electron chi connectivity index (χ0n) is 9.60. The second-order valence-electron chi connectivity index (χ2n) is 3.32. The Labute approximate surface area is 119 Å². The average Bonchev–Trinajstić information content (AvgIpc) is 2.35. The molecule has 7 nitrogen and oxygen atoms in total. The van der Waals surface area contributed by atoms with Crippen molar-refractivity contribution in [2.24, 2.45) is 5.10 Å². The molecule has 0 aliphatic rings. The van der Waals surface area contributed by atoms with Crippen LogP contribution in [0.2, 0.25) is 0 Å². The Morgan fingerprint density at radius 3 is 2.32 bits per heavy atom. The van der Waals surface area contributed by atoms with E-state index in [1.54, 1.807) is 6.07 Å². The predicted octanol–water partition coefficient (Wildman–Crippen LogP) is 2.05. The van der Waals surface area contributed by atoms with Crippen LogP contribution in [-0.2, 0) is 10.0 Å². The summed E-state index contributed by atoms with van der Waals surface area (Å²) in [6, 6.07) is 6.89. The third-order valence-corrected chi connectivity index (χ3v) is 4.10. The third kappa shape index (κ3) is 3.79. The summed E-state index contributed by atoms with van der Waals surface area (Å²) >= 11 is 10.9. The second-order valence-corrected chi connectivity index (χ2v) is 6.17. The van der Waals surface area contributed by atoms with Gasteiger partial charge in [-0.2, -0.15) is 8.42 Å². The minimum absolute atomic E-state index is 0.112. The monoisotopic (exact) mass is 325 g/mol. The lowest BCUT2D eigenvalue weighted by Gasteiger charge is -2.10. The SMILES string of the molecule is CC(=NN([N+](=O)[O-])S(=O)(=O)c1ccccc1)C(Cl)Cl. The van der Waals surface area contributed by atoms with Crippen LogP contribution in [0.4, 0.5) is 0 Å². The van der Waals surface area contributed by atoms with Crippen molar-refractivity contribution in [2.45, 2.75) is 16.7 Å². The van der Waals surface area contributed by atoms with Crippen LogP contribution in [0.5, 0.6) is 0 Å². The molecule has 0 N–H and O–H groups in total. The van der Waals surface area contributed by atoms with Crippen molar-refractivity contribution in [1.29, 1.82) is 0 Å². The highest BCUT2D eigenvalue weighted by Crippen LogP contribution is 2.17. The molecule has 0 atom stereocenters. The Morgan fingerprint density at radius 1 is 1.37 bits per heavy atom. The van der Waals surface area contributed by atoms with Gasteiger partial charge in [0.15, 0.2) is 10.5 Å². The summed E-state index contributed by atoms with van der Waals surface area (Å²) < 4.78 is 23.8. The summed E-state index contributed by atoms with van der Waals surface area (Å²) in [6.45, 7) is 1.28. The number of hydrazine groups is 1. The van der Waals surface area contributed by atoms with Crippen LogP contribution < -0.4 is 0 Å². The van der Waals surface area contributed by atoms with Gasteiger partial charge in [0.25, 0.3) is 0 Å². The minimum atomic E-state index is -4.40. The first-order valence-corrected chi connectivity index (χ1v) is 7.16. The summed E-state index contributed by atoms with van der Waals surface area (Å²) in [5, 5.41) is 13.0. The summed E-state index contributed by atoms with van der Waals surface area (Å²) in [5.41, 5.74) is -0.112. The molecule has 1 rings (SSSR count). The van der Waals surface area contributed by atoms with Crippen molar-refractivity contribution < 1.29 is 13.5 Å². The molecular weight excluding hydrogens is 317 g/mol. The molecule has 0 bridgehead atoms. The molecule has 0 fully saturated rings. The molecule has 0 spiro atoms. The highest BCUT2D eigenvalue weighted by Gasteiger charge is 2.34. The first kappa shape index (κ1) is 15.7. The second kappa shape index (κ2) is 6.18. The molecule has 19 heavy (non-hydrogen) atoms. The van der Waals surface area contributed by atoms with E-state index in [4.69, 9.17) is 23.2 Å². The molecule has 0 unspecified atom stereocenters. The summed E-state index contributed by atoms with van der Waals surface area (Å²) in [6.07, 6.45) is 0. The number of halogens is 2. The molecule has 0 amide bonds. The van der Waals surface area contributed by atoms with Gasteiger partial charge in [0, 0.05) is 6.92 Å². The zero-order valence-corrected chi connectivity index (χ0v) is 11.9. The summed E-state index contributed by atoms with van der Waals surface area (Å²) in [5.74, 6) is 0. The molecule has 0 aliphatic carbocycles. The number of rotatable bonds is 5. The van der Waals surface area contributed by atoms with E-state index in [1.807, 2.05) is 0 Å². The molecule has 1 aromatic carbocycles. The van der Waals surface area contributed by atoms with Crippen LogP contribution in [-0.4, -0.2) is 28.5 Å². The van der Waals surface area contributed by atoms with Crippen molar-refractivity contribution in [3.05, 3.63) is 40.4 Å². The predicted molar refractivity (Wildman–Crippen MR) is 71.1 cm³/mol. The molecular formula is C9H9Cl2N3O4S. The number of hydrazone groups is 1. The van der Waals surface area contributed by atoms with Gasteiger partial charge in [0.2, 0.25) is 0 Å². The largest absolute Gasteiger partial charge is 0.338 e. The van der Waals surface area contributed by atoms with E-state index in [1.165, 1.54) is 31.2 Å². The van der Waals surface area contributed by atoms with Gasteiger partial charge in [-0.1, -0.05) is 41.4 Å². The maximum absolute atomic E-state index is 12.0. The number of hydrogen-bond donors (Lipinski definition) is 0. The van der Waals surface area contributed by atoms with Crippen LogP contribution in [0, 0.1) is 10.1 Å². The van der Waals surface area contributed by atoms with Gasteiger partial charge in [-0.25, -0.2) is 0 Å². The minimum Gasteiger partial charge on any atom is -0.338 e. The van der Waals surface area contributed by atoms with Crippen LogP contribution in [0.15, 0.2) is 40.3 Å². The normalized spacial score (nSPS) is 12.5. The Bertz CT molecular complexity index is 589. The van der Waals surface area contributed by atoms with E-state index >= 15 is 0 Å². The average molecular weight is 326 g/mol. The maximum atomic E-state index is 12.0. The van der Waals surface area contributed by atoms with Gasteiger partial charge in [-0.05, 0) is 12.1 Å². The number of nitro groups is 1. The van der Waals surface area contributed by atoms with Crippen molar-refractivity contribution in [3.8, 4) is 0 Å². The lowest BCUT2D eigenvalue weighted by Crippen LogP contribution is -2.33. The molecule has 0 radical (unpaired) electrons. The molecule has 0 heterocycles. The molecule has 0 saturated carbocycles. The number of benzene rings is 1. The fourth-order valence-corrected chi connectivity index (χ4v) is 2.23. The van der Waals surface area contributed by atoms with Crippen molar-refractivity contribution in [2.75, 3.05) is 0 Å². The van der Waals surface area contributed by atoms with E-state index in [9.17, 15) is 18.5 Å². The van der Waals surface area contributed by atoms with Crippen LogP contribution in [0.25, 0.3) is 0 Å². The number of alkyl halides is 2. The fourth-order valence-electron chi connectivity index (χ4n) is 1.04. The van der Waals surface area contributed by atoms with Crippen LogP contribution in [0.3, 0.4) is 0 Å². The smallest absolute Gasteiger partial charge is 0.337 e. The van der Waals surface area contributed by atoms with Gasteiger partial charge in [0.05, 0.1) is 15.0 Å². The van der Waals surface area contributed by atoms with E-state index in [0.29, 0.717) is 0 Å². The van der Waals surface area contributed by atoms with Crippen molar-refractivity contribution in [3.63, 3.8) is 0 Å². The highest BCUT2D eigenvalue weighted by molar-refractivity contribution is 7.89. The molecule has 10 heteroatoms. The molecule has 0 aromatic heterocycles. The van der Waals surface area contributed by atoms with Gasteiger partial charge in [-0.3, -0.25) is 0 Å². The van der Waals surface area contributed by atoms with Crippen molar-refractivity contribution in [1.82, 2.24) is 4.52 Å². The number of hydrogen-bond acceptors (Lipinski definition) is 5. The van der Waals surface area contributed by atoms with Gasteiger partial charge < -0.3 is 10.1 Å². The first-order chi connectivity index (χ1) is 8.76. The lowest BCUT2D eigenvalue weighted by molar-refractivity contribution is -0.621. The zero-order chi connectivity index (χ0) is 14.6.